The summed E-state index contributed by atoms with van der Waals surface area (Å²) >= 11 is 4.24. The zero-order valence-corrected chi connectivity index (χ0v) is 23.8. The number of halogens is 2. The van der Waals surface area contributed by atoms with E-state index in [2.05, 4.69) is 51.4 Å². The van der Waals surface area contributed by atoms with Crippen LogP contribution >= 0.6 is 37.2 Å². The first-order valence-electron chi connectivity index (χ1n) is 9.06. The molecule has 1 fully saturated rings. The lowest BCUT2D eigenvalue weighted by molar-refractivity contribution is -0.176. The lowest BCUT2D eigenvalue weighted by Gasteiger charge is -2.13. The van der Waals surface area contributed by atoms with Gasteiger partial charge < -0.3 is 44.8 Å². The minimum atomic E-state index is -1.27. The van der Waals surface area contributed by atoms with Gasteiger partial charge in [0.25, 0.3) is 0 Å². The Kier molecular flexibility index (Phi) is 27.5. The number of carbonyl (C=O) groups is 8. The zero-order chi connectivity index (χ0) is 31.9. The second kappa shape index (κ2) is 25.0. The molecule has 8 N–H and O–H groups in total. The molecule has 2 aliphatic rings. The largest absolute Gasteiger partial charge is 0.481 e. The van der Waals surface area contributed by atoms with Crippen LogP contribution in [0.25, 0.3) is 0 Å². The summed E-state index contributed by atoms with van der Waals surface area (Å²) in [4.78, 5) is 79.3. The highest BCUT2D eigenvalue weighted by Gasteiger charge is 2.51. The average Bonchev–Trinajstić information content (AvgIpc) is 3.59. The number of carboxylic acids is 6. The van der Waals surface area contributed by atoms with Crippen molar-refractivity contribution >= 4 is 85.0 Å². The quantitative estimate of drug-likeness (QED) is 0.0301. The van der Waals surface area contributed by atoms with Gasteiger partial charge in [-0.25, -0.2) is 33.6 Å². The van der Waals surface area contributed by atoms with Crippen LogP contribution in [0.2, 0.25) is 0 Å². The van der Waals surface area contributed by atoms with Crippen molar-refractivity contribution in [3.63, 3.8) is 0 Å². The van der Waals surface area contributed by atoms with Crippen molar-refractivity contribution in [2.75, 3.05) is 7.11 Å². The SMILES string of the molecule is COC(C(=O)O)C(C)C(=O)O.II.O=C(O)/C=C\C(=O)O.O=C(O)C1OC1C(=O)O.O=C1C=CC(=O)O1.OO. The van der Waals surface area contributed by atoms with Gasteiger partial charge in [0.1, 0.15) is 0 Å². The van der Waals surface area contributed by atoms with Gasteiger partial charge in [0.2, 0.25) is 0 Å². The molecular weight excluding hydrogens is 774 g/mol. The molecule has 0 aromatic heterocycles. The molecule has 0 bridgehead atoms. The number of methoxy groups -OCH3 is 1. The summed E-state index contributed by atoms with van der Waals surface area (Å²) in [6.07, 6.45) is -0.229. The summed E-state index contributed by atoms with van der Waals surface area (Å²) in [5.41, 5.74) is 0. The Morgan fingerprint density at radius 3 is 1.23 bits per heavy atom. The van der Waals surface area contributed by atoms with Crippen LogP contribution in [0.3, 0.4) is 0 Å². The molecule has 0 aromatic rings. The summed E-state index contributed by atoms with van der Waals surface area (Å²) in [7, 11) is 1.16. The minimum absolute atomic E-state index is 0.558. The summed E-state index contributed by atoms with van der Waals surface area (Å²) < 4.78 is 12.7. The number of hydrogen-bond acceptors (Lipinski definition) is 13. The fourth-order valence-electron chi connectivity index (χ4n) is 1.58. The number of epoxide rings is 1. The van der Waals surface area contributed by atoms with E-state index < -0.39 is 72.0 Å². The molecule has 2 rings (SSSR count). The number of cyclic esters (lactones) is 2. The molecular formula is C18H22I2O19. The zero-order valence-electron chi connectivity index (χ0n) is 19.4. The van der Waals surface area contributed by atoms with E-state index in [1.165, 1.54) is 6.92 Å². The van der Waals surface area contributed by atoms with Gasteiger partial charge in [0, 0.05) is 68.6 Å². The van der Waals surface area contributed by atoms with E-state index in [0.29, 0.717) is 12.2 Å². The van der Waals surface area contributed by atoms with Gasteiger partial charge in [0.15, 0.2) is 18.3 Å². The maximum Gasteiger partial charge on any atom is 0.338 e. The summed E-state index contributed by atoms with van der Waals surface area (Å²) in [6, 6.07) is 0. The number of esters is 2. The molecule has 0 aliphatic carbocycles. The number of hydrogen-bond donors (Lipinski definition) is 8. The van der Waals surface area contributed by atoms with Gasteiger partial charge in [-0.15, -0.1) is 0 Å². The molecule has 0 spiro atoms. The third-order valence-electron chi connectivity index (χ3n) is 3.24. The Morgan fingerprint density at radius 2 is 1.13 bits per heavy atom. The molecule has 0 radical (unpaired) electrons. The Bertz CT molecular complexity index is 862. The van der Waals surface area contributed by atoms with E-state index in [4.69, 9.17) is 41.2 Å². The van der Waals surface area contributed by atoms with Crippen molar-refractivity contribution in [3.8, 4) is 0 Å². The Labute approximate surface area is 240 Å². The van der Waals surface area contributed by atoms with E-state index in [0.717, 1.165) is 19.3 Å². The molecule has 2 heterocycles. The Balaban J connectivity index is -0.000000202. The molecule has 21 heteroatoms. The fourth-order valence-corrected chi connectivity index (χ4v) is 1.58. The lowest BCUT2D eigenvalue weighted by atomic mass is 10.1. The smallest absolute Gasteiger partial charge is 0.338 e. The molecule has 2 aliphatic heterocycles. The highest BCUT2D eigenvalue weighted by Crippen LogP contribution is 2.21. The molecule has 19 nitrogen and oxygen atoms in total. The third kappa shape index (κ3) is 24.8. The predicted molar refractivity (Wildman–Crippen MR) is 137 cm³/mol. The van der Waals surface area contributed by atoms with E-state index >= 15 is 0 Å². The van der Waals surface area contributed by atoms with Gasteiger partial charge in [-0.3, -0.25) is 15.3 Å². The van der Waals surface area contributed by atoms with Gasteiger partial charge in [-0.1, -0.05) is 0 Å². The monoisotopic (exact) mass is 796 g/mol. The highest BCUT2D eigenvalue weighted by molar-refractivity contribution is 15.0. The second-order valence-corrected chi connectivity index (χ2v) is 5.86. The van der Waals surface area contributed by atoms with Gasteiger partial charge >= 0.3 is 47.8 Å². The first kappa shape index (κ1) is 42.8. The third-order valence-corrected chi connectivity index (χ3v) is 3.24. The number of carboxylic acid groups (broad SMARTS) is 6. The van der Waals surface area contributed by atoms with Crippen LogP contribution in [-0.4, -0.2) is 114 Å². The maximum atomic E-state index is 10.3. The number of ether oxygens (including phenoxy) is 3. The molecule has 222 valence electrons. The normalized spacial score (nSPS) is 17.1. The Morgan fingerprint density at radius 1 is 0.795 bits per heavy atom. The van der Waals surface area contributed by atoms with Crippen molar-refractivity contribution in [1.29, 1.82) is 0 Å². The van der Waals surface area contributed by atoms with Crippen molar-refractivity contribution in [2.45, 2.75) is 25.2 Å². The van der Waals surface area contributed by atoms with Crippen LogP contribution in [0, 0.1) is 5.92 Å². The van der Waals surface area contributed by atoms with E-state index in [9.17, 15) is 38.4 Å². The first-order chi connectivity index (χ1) is 18.0. The van der Waals surface area contributed by atoms with Crippen molar-refractivity contribution in [2.24, 2.45) is 5.92 Å². The molecule has 4 atom stereocenters. The van der Waals surface area contributed by atoms with Gasteiger partial charge in [0.05, 0.1) is 5.92 Å². The molecule has 0 aromatic carbocycles. The Hall–Kier alpha value is -3.26. The van der Waals surface area contributed by atoms with E-state index in [-0.39, 0.29) is 0 Å². The summed E-state index contributed by atoms with van der Waals surface area (Å²) in [5, 5.41) is 60.6. The van der Waals surface area contributed by atoms with Crippen molar-refractivity contribution in [1.82, 2.24) is 0 Å². The number of rotatable bonds is 8. The fraction of sp³-hybridized carbons (Fsp3) is 0.333. The van der Waals surface area contributed by atoms with Gasteiger partial charge in [-0.2, -0.15) is 0 Å². The van der Waals surface area contributed by atoms with Gasteiger partial charge in [-0.05, 0) is 6.92 Å². The van der Waals surface area contributed by atoms with Crippen LogP contribution in [0.5, 0.6) is 0 Å². The van der Waals surface area contributed by atoms with E-state index in [1.54, 1.807) is 0 Å². The number of carbonyl (C=O) groups excluding carboxylic acids is 2. The number of aliphatic carboxylic acids is 6. The molecule has 39 heavy (non-hydrogen) atoms. The summed E-state index contributed by atoms with van der Waals surface area (Å²) in [6.45, 7) is 1.28. The summed E-state index contributed by atoms with van der Waals surface area (Å²) in [5.74, 6) is -9.58. The van der Waals surface area contributed by atoms with E-state index in [1.807, 2.05) is 0 Å². The predicted octanol–water partition coefficient (Wildman–Crippen LogP) is -0.144. The lowest BCUT2D eigenvalue weighted by Crippen LogP contribution is -2.34. The highest BCUT2D eigenvalue weighted by atomic mass is 128. The average molecular weight is 796 g/mol. The van der Waals surface area contributed by atoms with Crippen LogP contribution in [0.15, 0.2) is 24.3 Å². The second-order valence-electron chi connectivity index (χ2n) is 5.86. The van der Waals surface area contributed by atoms with Crippen LogP contribution in [0.4, 0.5) is 0 Å². The standard InChI is InChI=1S/C6H10O5.C4H4O5.C4H4O4.C4H2O3.I2.H2O2/c1-3(5(7)8)4(11-2)6(9)10;5-3(6)1-2(9-1)4(7)8;5-3(6)1-2-4(7)8;5-3-1-2-4(6)7-3;2*1-2/h3-4H,1-2H3,(H,7,8)(H,9,10);1-2H,(H,5,6)(H,7,8);1-2H,(H,5,6)(H,7,8);1-2H;;1-2H/b;;2-1-;;;. The van der Waals surface area contributed by atoms with Crippen LogP contribution < -0.4 is 0 Å². The minimum Gasteiger partial charge on any atom is -0.481 e. The molecule has 4 unspecified atom stereocenters. The van der Waals surface area contributed by atoms with Crippen LogP contribution in [-0.2, 0) is 52.6 Å². The topological polar surface area (TPSA) is 329 Å². The molecule has 0 saturated carbocycles. The van der Waals surface area contributed by atoms with Crippen molar-refractivity contribution in [3.05, 3.63) is 24.3 Å². The molecule has 1 saturated heterocycles. The molecule has 0 amide bonds. The van der Waals surface area contributed by atoms with Crippen molar-refractivity contribution < 1.29 is 93.7 Å². The first-order valence-corrected chi connectivity index (χ1v) is 15.3. The maximum absolute atomic E-state index is 10.3. The van der Waals surface area contributed by atoms with Crippen LogP contribution in [0.1, 0.15) is 6.92 Å².